The number of carbonyl (C=O) groups is 1. The van der Waals surface area contributed by atoms with Crippen LogP contribution in [0, 0.1) is 12.8 Å². The number of primary amides is 1. The first-order valence-electron chi connectivity index (χ1n) is 7.87. The van der Waals surface area contributed by atoms with E-state index in [1.54, 1.807) is 0 Å². The maximum Gasteiger partial charge on any atom is 0.239 e. The monoisotopic (exact) mass is 287 g/mol. The minimum atomic E-state index is -0.570. The Morgan fingerprint density at radius 1 is 1.38 bits per heavy atom. The molecule has 2 saturated carbocycles. The third-order valence-corrected chi connectivity index (χ3v) is 4.68. The third kappa shape index (κ3) is 3.05. The Hall–Kier alpha value is -1.55. The molecule has 0 bridgehead atoms. The lowest BCUT2D eigenvalue weighted by atomic mass is 9.91. The quantitative estimate of drug-likeness (QED) is 0.804. The minimum absolute atomic E-state index is 0.198. The maximum absolute atomic E-state index is 12.2. The number of carbonyl (C=O) groups excluding carboxylic acids is 1. The highest BCUT2D eigenvalue weighted by molar-refractivity contribution is 5.86. The van der Waals surface area contributed by atoms with Gasteiger partial charge in [-0.3, -0.25) is 10.1 Å². The largest absolute Gasteiger partial charge is 0.372 e. The van der Waals surface area contributed by atoms with E-state index in [0.29, 0.717) is 18.5 Å². The van der Waals surface area contributed by atoms with Gasteiger partial charge < -0.3 is 10.6 Å². The van der Waals surface area contributed by atoms with E-state index in [1.165, 1.54) is 5.56 Å². The van der Waals surface area contributed by atoms with Gasteiger partial charge in [-0.05, 0) is 56.2 Å². The van der Waals surface area contributed by atoms with Gasteiger partial charge in [-0.2, -0.15) is 0 Å². The van der Waals surface area contributed by atoms with E-state index >= 15 is 0 Å². The van der Waals surface area contributed by atoms with Gasteiger partial charge in [0.2, 0.25) is 5.91 Å². The SMILES string of the molecule is Cc1cccc(N(C)CC(NC2CC2)(C(N)=O)C2CC2)c1. The number of hydrogen-bond acceptors (Lipinski definition) is 3. The number of rotatable bonds is 7. The van der Waals surface area contributed by atoms with Crippen molar-refractivity contribution in [3.8, 4) is 0 Å². The van der Waals surface area contributed by atoms with Crippen LogP contribution >= 0.6 is 0 Å². The smallest absolute Gasteiger partial charge is 0.239 e. The van der Waals surface area contributed by atoms with E-state index in [9.17, 15) is 4.79 Å². The molecule has 1 aromatic rings. The standard InChI is InChI=1S/C17H25N3O/c1-12-4-3-5-15(10-12)20(2)11-17(16(18)21,13-6-7-13)19-14-8-9-14/h3-5,10,13-14,19H,6-9,11H2,1-2H3,(H2,18,21). The lowest BCUT2D eigenvalue weighted by Gasteiger charge is -2.37. The van der Waals surface area contributed by atoms with E-state index in [1.807, 2.05) is 7.05 Å². The van der Waals surface area contributed by atoms with Crippen molar-refractivity contribution in [1.82, 2.24) is 5.32 Å². The van der Waals surface area contributed by atoms with Crippen molar-refractivity contribution in [2.75, 3.05) is 18.5 Å². The van der Waals surface area contributed by atoms with Crippen molar-refractivity contribution in [3.63, 3.8) is 0 Å². The molecule has 1 atom stereocenters. The van der Waals surface area contributed by atoms with Crippen LogP contribution in [0.1, 0.15) is 31.2 Å². The van der Waals surface area contributed by atoms with Gasteiger partial charge in [0.15, 0.2) is 0 Å². The summed E-state index contributed by atoms with van der Waals surface area (Å²) in [5.74, 6) is 0.194. The molecule has 4 nitrogen and oxygen atoms in total. The Morgan fingerprint density at radius 2 is 2.10 bits per heavy atom. The fourth-order valence-corrected chi connectivity index (χ4v) is 3.14. The van der Waals surface area contributed by atoms with E-state index < -0.39 is 5.54 Å². The molecule has 1 aromatic carbocycles. The molecule has 0 saturated heterocycles. The number of anilines is 1. The van der Waals surface area contributed by atoms with Crippen molar-refractivity contribution in [2.45, 2.75) is 44.2 Å². The highest BCUT2D eigenvalue weighted by Gasteiger charge is 2.52. The summed E-state index contributed by atoms with van der Waals surface area (Å²) in [5.41, 5.74) is 7.61. The van der Waals surface area contributed by atoms with Gasteiger partial charge in [-0.25, -0.2) is 0 Å². The van der Waals surface area contributed by atoms with Gasteiger partial charge in [-0.15, -0.1) is 0 Å². The molecule has 0 aliphatic heterocycles. The van der Waals surface area contributed by atoms with E-state index in [0.717, 1.165) is 31.4 Å². The zero-order chi connectivity index (χ0) is 15.0. The third-order valence-electron chi connectivity index (χ3n) is 4.68. The second kappa shape index (κ2) is 5.34. The molecule has 2 aliphatic carbocycles. The molecule has 0 spiro atoms. The molecule has 3 rings (SSSR count). The number of aryl methyl sites for hydroxylation is 1. The summed E-state index contributed by atoms with van der Waals surface area (Å²) in [6.45, 7) is 2.73. The van der Waals surface area contributed by atoms with Crippen molar-refractivity contribution in [1.29, 1.82) is 0 Å². The highest BCUT2D eigenvalue weighted by Crippen LogP contribution is 2.42. The van der Waals surface area contributed by atoms with Crippen LogP contribution in [0.4, 0.5) is 5.69 Å². The van der Waals surface area contributed by atoms with Crippen LogP contribution < -0.4 is 16.0 Å². The van der Waals surface area contributed by atoms with Crippen molar-refractivity contribution in [3.05, 3.63) is 29.8 Å². The lowest BCUT2D eigenvalue weighted by molar-refractivity contribution is -0.125. The second-order valence-electron chi connectivity index (χ2n) is 6.72. The number of benzene rings is 1. The molecule has 21 heavy (non-hydrogen) atoms. The zero-order valence-electron chi connectivity index (χ0n) is 12.9. The average molecular weight is 287 g/mol. The maximum atomic E-state index is 12.2. The Morgan fingerprint density at radius 3 is 2.62 bits per heavy atom. The minimum Gasteiger partial charge on any atom is -0.372 e. The molecule has 1 unspecified atom stereocenters. The lowest BCUT2D eigenvalue weighted by Crippen LogP contribution is -2.63. The van der Waals surface area contributed by atoms with Crippen LogP contribution in [0.3, 0.4) is 0 Å². The Labute approximate surface area is 126 Å². The van der Waals surface area contributed by atoms with Gasteiger partial charge in [0.05, 0.1) is 0 Å². The summed E-state index contributed by atoms with van der Waals surface area (Å²) in [7, 11) is 2.05. The number of hydrogen-bond donors (Lipinski definition) is 2. The van der Waals surface area contributed by atoms with Crippen molar-refractivity contribution in [2.24, 2.45) is 11.7 Å². The molecule has 2 aliphatic rings. The van der Waals surface area contributed by atoms with Crippen LogP contribution in [0.2, 0.25) is 0 Å². The zero-order valence-corrected chi connectivity index (χ0v) is 12.9. The number of nitrogens with zero attached hydrogens (tertiary/aromatic N) is 1. The highest BCUT2D eigenvalue weighted by atomic mass is 16.1. The molecule has 1 amide bonds. The van der Waals surface area contributed by atoms with Crippen molar-refractivity contribution >= 4 is 11.6 Å². The number of amides is 1. The van der Waals surface area contributed by atoms with Gasteiger partial charge in [0.1, 0.15) is 5.54 Å². The average Bonchev–Trinajstić information content (AvgIpc) is 3.30. The summed E-state index contributed by atoms with van der Waals surface area (Å²) in [5, 5.41) is 3.56. The first kappa shape index (κ1) is 14.4. The fraction of sp³-hybridized carbons (Fsp3) is 0.588. The van der Waals surface area contributed by atoms with Gasteiger partial charge in [0.25, 0.3) is 0 Å². The predicted molar refractivity (Wildman–Crippen MR) is 85.3 cm³/mol. The first-order chi connectivity index (χ1) is 10.0. The van der Waals surface area contributed by atoms with Gasteiger partial charge >= 0.3 is 0 Å². The Balaban J connectivity index is 1.81. The molecule has 0 radical (unpaired) electrons. The molecule has 4 heteroatoms. The molecule has 0 heterocycles. The van der Waals surface area contributed by atoms with E-state index in [4.69, 9.17) is 5.73 Å². The second-order valence-corrected chi connectivity index (χ2v) is 6.72. The van der Waals surface area contributed by atoms with Crippen LogP contribution in [-0.2, 0) is 4.79 Å². The Kier molecular flexibility index (Phi) is 3.66. The summed E-state index contributed by atoms with van der Waals surface area (Å²) in [6, 6.07) is 8.85. The summed E-state index contributed by atoms with van der Waals surface area (Å²) in [4.78, 5) is 14.4. The van der Waals surface area contributed by atoms with Crippen LogP contribution in [-0.4, -0.2) is 31.1 Å². The number of nitrogens with one attached hydrogen (secondary N) is 1. The van der Waals surface area contributed by atoms with Crippen LogP contribution in [0.15, 0.2) is 24.3 Å². The van der Waals surface area contributed by atoms with Crippen molar-refractivity contribution < 1.29 is 4.79 Å². The van der Waals surface area contributed by atoms with Crippen LogP contribution in [0.25, 0.3) is 0 Å². The molecule has 114 valence electrons. The topological polar surface area (TPSA) is 58.4 Å². The molecular weight excluding hydrogens is 262 g/mol. The number of nitrogens with two attached hydrogens (primary N) is 1. The molecule has 2 fully saturated rings. The summed E-state index contributed by atoms with van der Waals surface area (Å²) >= 11 is 0. The van der Waals surface area contributed by atoms with E-state index in [2.05, 4.69) is 41.4 Å². The fourth-order valence-electron chi connectivity index (χ4n) is 3.14. The van der Waals surface area contributed by atoms with Crippen LogP contribution in [0.5, 0.6) is 0 Å². The number of likely N-dealkylation sites (N-methyl/N-ethyl adjacent to an activating group) is 1. The van der Waals surface area contributed by atoms with Gasteiger partial charge in [0, 0.05) is 25.3 Å². The molecular formula is C17H25N3O. The predicted octanol–water partition coefficient (Wildman–Crippen LogP) is 1.82. The normalized spacial score (nSPS) is 20.9. The van der Waals surface area contributed by atoms with Gasteiger partial charge in [-0.1, -0.05) is 12.1 Å². The first-order valence-corrected chi connectivity index (χ1v) is 7.87. The summed E-state index contributed by atoms with van der Waals surface area (Å²) < 4.78 is 0. The summed E-state index contributed by atoms with van der Waals surface area (Å²) in [6.07, 6.45) is 4.53. The molecule has 0 aromatic heterocycles. The van der Waals surface area contributed by atoms with E-state index in [-0.39, 0.29) is 5.91 Å². The molecule has 3 N–H and O–H groups in total. The Bertz CT molecular complexity index is 537.